The van der Waals surface area contributed by atoms with Gasteiger partial charge in [0.1, 0.15) is 5.75 Å². The van der Waals surface area contributed by atoms with Gasteiger partial charge >= 0.3 is 0 Å². The van der Waals surface area contributed by atoms with E-state index in [0.29, 0.717) is 43.6 Å². The number of hydrogen-bond acceptors (Lipinski definition) is 6. The molecule has 0 atom stereocenters. The highest BCUT2D eigenvalue weighted by atomic mass is 35.5. The number of para-hydroxylation sites is 1. The van der Waals surface area contributed by atoms with Crippen molar-refractivity contribution < 1.29 is 14.6 Å². The van der Waals surface area contributed by atoms with Gasteiger partial charge in [0.2, 0.25) is 11.8 Å². The van der Waals surface area contributed by atoms with Crippen LogP contribution in [-0.4, -0.2) is 59.2 Å². The molecule has 2 heterocycles. The first-order chi connectivity index (χ1) is 11.2. The molecule has 1 aliphatic rings. The third-order valence-electron chi connectivity index (χ3n) is 3.81. The van der Waals surface area contributed by atoms with E-state index in [9.17, 15) is 9.90 Å². The van der Waals surface area contributed by atoms with Crippen molar-refractivity contribution >= 4 is 24.3 Å². The van der Waals surface area contributed by atoms with Crippen molar-refractivity contribution in [1.29, 1.82) is 0 Å². The number of carbonyl (C=O) groups is 1. The Morgan fingerprint density at radius 2 is 1.88 bits per heavy atom. The van der Waals surface area contributed by atoms with Crippen molar-refractivity contribution in [3.63, 3.8) is 0 Å². The molecule has 24 heavy (non-hydrogen) atoms. The quantitative estimate of drug-likeness (QED) is 0.905. The van der Waals surface area contributed by atoms with Crippen molar-refractivity contribution in [2.45, 2.75) is 0 Å². The van der Waals surface area contributed by atoms with E-state index in [4.69, 9.17) is 4.74 Å². The first kappa shape index (κ1) is 17.8. The van der Waals surface area contributed by atoms with Crippen molar-refractivity contribution in [3.05, 3.63) is 42.1 Å². The highest BCUT2D eigenvalue weighted by Gasteiger charge is 2.24. The molecule has 2 aromatic rings. The molecule has 0 unspecified atom stereocenters. The molecule has 1 N–H and O–H groups in total. The van der Waals surface area contributed by atoms with E-state index in [-0.39, 0.29) is 24.1 Å². The van der Waals surface area contributed by atoms with E-state index in [1.54, 1.807) is 42.5 Å². The number of halogens is 1. The highest BCUT2D eigenvalue weighted by Crippen LogP contribution is 2.20. The molecule has 1 amide bonds. The topological polar surface area (TPSA) is 78.8 Å². The van der Waals surface area contributed by atoms with Crippen molar-refractivity contribution in [2.24, 2.45) is 0 Å². The lowest BCUT2D eigenvalue weighted by molar-refractivity contribution is 0.0743. The SMILES string of the molecule is COc1ccnc(N2CCN(C(=O)c3ccccc3O)CC2)n1.Cl. The Morgan fingerprint density at radius 3 is 2.54 bits per heavy atom. The molecule has 3 rings (SSSR count). The Labute approximate surface area is 146 Å². The van der Waals surface area contributed by atoms with Crippen LogP contribution in [0, 0.1) is 0 Å². The van der Waals surface area contributed by atoms with Crippen LogP contribution in [0.3, 0.4) is 0 Å². The number of benzene rings is 1. The van der Waals surface area contributed by atoms with E-state index in [1.807, 2.05) is 4.90 Å². The van der Waals surface area contributed by atoms with E-state index in [0.717, 1.165) is 0 Å². The molecule has 1 aliphatic heterocycles. The second-order valence-electron chi connectivity index (χ2n) is 5.20. The molecule has 1 aromatic carbocycles. The maximum absolute atomic E-state index is 12.5. The minimum absolute atomic E-state index is 0. The van der Waals surface area contributed by atoms with Crippen LogP contribution in [0.5, 0.6) is 11.6 Å². The Morgan fingerprint density at radius 1 is 1.17 bits per heavy atom. The number of amides is 1. The average Bonchev–Trinajstić information content (AvgIpc) is 2.62. The number of rotatable bonds is 3. The summed E-state index contributed by atoms with van der Waals surface area (Å²) in [4.78, 5) is 24.8. The molecule has 0 spiro atoms. The number of phenolic OH excluding ortho intramolecular Hbond substituents is 1. The number of piperazine rings is 1. The molecule has 0 bridgehead atoms. The number of phenols is 1. The number of aromatic hydroxyl groups is 1. The largest absolute Gasteiger partial charge is 0.507 e. The van der Waals surface area contributed by atoms with E-state index in [1.165, 1.54) is 6.07 Å². The van der Waals surface area contributed by atoms with Crippen molar-refractivity contribution in [2.75, 3.05) is 38.2 Å². The molecule has 0 radical (unpaired) electrons. The number of methoxy groups -OCH3 is 1. The van der Waals surface area contributed by atoms with Gasteiger partial charge in [0.25, 0.3) is 5.91 Å². The van der Waals surface area contributed by atoms with Gasteiger partial charge in [-0.05, 0) is 12.1 Å². The number of carbonyl (C=O) groups excluding carboxylic acids is 1. The van der Waals surface area contributed by atoms with Gasteiger partial charge < -0.3 is 19.6 Å². The summed E-state index contributed by atoms with van der Waals surface area (Å²) < 4.78 is 5.11. The molecule has 1 saturated heterocycles. The van der Waals surface area contributed by atoms with Crippen LogP contribution in [0.4, 0.5) is 5.95 Å². The van der Waals surface area contributed by atoms with Crippen LogP contribution < -0.4 is 9.64 Å². The molecule has 0 saturated carbocycles. The zero-order chi connectivity index (χ0) is 16.2. The molecular weight excluding hydrogens is 332 g/mol. The van der Waals surface area contributed by atoms with E-state index >= 15 is 0 Å². The summed E-state index contributed by atoms with van der Waals surface area (Å²) >= 11 is 0. The fourth-order valence-corrected chi connectivity index (χ4v) is 2.53. The molecule has 7 nitrogen and oxygen atoms in total. The summed E-state index contributed by atoms with van der Waals surface area (Å²) in [6.45, 7) is 2.36. The molecular formula is C16H19ClN4O3. The van der Waals surface area contributed by atoms with Gasteiger partial charge in [0.05, 0.1) is 12.7 Å². The second kappa shape index (κ2) is 7.83. The summed E-state index contributed by atoms with van der Waals surface area (Å²) in [5.74, 6) is 0.965. The smallest absolute Gasteiger partial charge is 0.257 e. The predicted octanol–water partition coefficient (Wildman–Crippen LogP) is 1.57. The maximum Gasteiger partial charge on any atom is 0.257 e. The molecule has 1 aromatic heterocycles. The van der Waals surface area contributed by atoms with Crippen LogP contribution >= 0.6 is 12.4 Å². The third-order valence-corrected chi connectivity index (χ3v) is 3.81. The van der Waals surface area contributed by atoms with Crippen LogP contribution in [0.1, 0.15) is 10.4 Å². The average molecular weight is 351 g/mol. The Kier molecular flexibility index (Phi) is 5.81. The predicted molar refractivity (Wildman–Crippen MR) is 92.1 cm³/mol. The Bertz CT molecular complexity index is 705. The van der Waals surface area contributed by atoms with Gasteiger partial charge in [-0.2, -0.15) is 4.98 Å². The first-order valence-corrected chi connectivity index (χ1v) is 7.38. The zero-order valence-electron chi connectivity index (χ0n) is 13.3. The molecule has 128 valence electrons. The van der Waals surface area contributed by atoms with Crippen molar-refractivity contribution in [1.82, 2.24) is 14.9 Å². The lowest BCUT2D eigenvalue weighted by Gasteiger charge is -2.34. The fourth-order valence-electron chi connectivity index (χ4n) is 2.53. The normalized spacial score (nSPS) is 14.0. The summed E-state index contributed by atoms with van der Waals surface area (Å²) in [6.07, 6.45) is 1.65. The molecule has 8 heteroatoms. The summed E-state index contributed by atoms with van der Waals surface area (Å²) in [7, 11) is 1.56. The van der Waals surface area contributed by atoms with Crippen LogP contribution in [-0.2, 0) is 0 Å². The number of ether oxygens (including phenoxy) is 1. The molecule has 1 fully saturated rings. The number of hydrogen-bond donors (Lipinski definition) is 1. The van der Waals surface area contributed by atoms with Crippen LogP contribution in [0.25, 0.3) is 0 Å². The van der Waals surface area contributed by atoms with Gasteiger partial charge in [-0.3, -0.25) is 4.79 Å². The van der Waals surface area contributed by atoms with Gasteiger partial charge in [-0.1, -0.05) is 12.1 Å². The lowest BCUT2D eigenvalue weighted by Crippen LogP contribution is -2.49. The lowest BCUT2D eigenvalue weighted by atomic mass is 10.1. The minimum Gasteiger partial charge on any atom is -0.507 e. The van der Waals surface area contributed by atoms with Gasteiger partial charge in [-0.15, -0.1) is 12.4 Å². The zero-order valence-corrected chi connectivity index (χ0v) is 14.1. The summed E-state index contributed by atoms with van der Waals surface area (Å²) in [5, 5.41) is 9.81. The molecule has 0 aliphatic carbocycles. The standard InChI is InChI=1S/C16H18N4O3.ClH/c1-23-14-6-7-17-16(18-14)20-10-8-19(9-11-20)15(22)12-4-2-3-5-13(12)21;/h2-7,21H,8-11H2,1H3;1H. The first-order valence-electron chi connectivity index (χ1n) is 7.38. The Hall–Kier alpha value is -2.54. The summed E-state index contributed by atoms with van der Waals surface area (Å²) in [6, 6.07) is 8.29. The number of anilines is 1. The van der Waals surface area contributed by atoms with E-state index < -0.39 is 0 Å². The van der Waals surface area contributed by atoms with E-state index in [2.05, 4.69) is 9.97 Å². The van der Waals surface area contributed by atoms with Crippen molar-refractivity contribution in [3.8, 4) is 11.6 Å². The highest BCUT2D eigenvalue weighted by molar-refractivity contribution is 5.96. The van der Waals surface area contributed by atoms with Gasteiger partial charge in [0, 0.05) is 38.4 Å². The van der Waals surface area contributed by atoms with Gasteiger partial charge in [0.15, 0.2) is 0 Å². The summed E-state index contributed by atoms with van der Waals surface area (Å²) in [5.41, 5.74) is 0.332. The number of aromatic nitrogens is 2. The fraction of sp³-hybridized carbons (Fsp3) is 0.312. The van der Waals surface area contributed by atoms with Crippen LogP contribution in [0.2, 0.25) is 0 Å². The van der Waals surface area contributed by atoms with Gasteiger partial charge in [-0.25, -0.2) is 4.98 Å². The minimum atomic E-state index is -0.158. The second-order valence-corrected chi connectivity index (χ2v) is 5.20. The number of nitrogens with zero attached hydrogens (tertiary/aromatic N) is 4. The van der Waals surface area contributed by atoms with Crippen LogP contribution in [0.15, 0.2) is 36.5 Å². The maximum atomic E-state index is 12.5. The monoisotopic (exact) mass is 350 g/mol. The third kappa shape index (κ3) is 3.68. The Balaban J connectivity index is 0.00000208.